The first-order valence-corrected chi connectivity index (χ1v) is 9.99. The minimum atomic E-state index is -3.63. The molecule has 0 spiro atoms. The van der Waals surface area contributed by atoms with Gasteiger partial charge in [0, 0.05) is 11.6 Å². The lowest BCUT2D eigenvalue weighted by atomic mass is 10.2. The maximum Gasteiger partial charge on any atom is 0.272 e. The number of nitrogens with zero attached hydrogens (tertiary/aromatic N) is 3. The van der Waals surface area contributed by atoms with Crippen LogP contribution in [0.5, 0.6) is 0 Å². The van der Waals surface area contributed by atoms with Gasteiger partial charge < -0.3 is 5.32 Å². The van der Waals surface area contributed by atoms with E-state index in [2.05, 4.69) is 25.2 Å². The second-order valence-electron chi connectivity index (χ2n) is 5.35. The average molecular weight is 383 g/mol. The number of fused-ring (bicyclic) bond motifs is 1. The maximum atomic E-state index is 12.2. The van der Waals surface area contributed by atoms with Gasteiger partial charge in [-0.25, -0.2) is 8.42 Å². The minimum absolute atomic E-state index is 0.153. The van der Waals surface area contributed by atoms with Crippen LogP contribution < -0.4 is 10.0 Å². The highest BCUT2D eigenvalue weighted by Crippen LogP contribution is 2.24. The number of aromatic nitrogens is 3. The van der Waals surface area contributed by atoms with Crippen molar-refractivity contribution in [1.82, 2.24) is 15.2 Å². The topological polar surface area (TPSA) is 96.9 Å². The maximum absolute atomic E-state index is 12.2. The normalized spacial score (nSPS) is 11.4. The van der Waals surface area contributed by atoms with Gasteiger partial charge in [-0.1, -0.05) is 24.3 Å². The van der Waals surface area contributed by atoms with E-state index in [-0.39, 0.29) is 10.0 Å². The molecule has 1 aromatic carbocycles. The van der Waals surface area contributed by atoms with E-state index in [1.165, 1.54) is 6.07 Å². The fraction of sp³-hybridized carbons (Fsp3) is 0. The Morgan fingerprint density at radius 2 is 1.69 bits per heavy atom. The third kappa shape index (κ3) is 3.35. The molecular weight excluding hydrogens is 370 g/mol. The Balaban J connectivity index is 1.55. The number of rotatable bonds is 5. The summed E-state index contributed by atoms with van der Waals surface area (Å²) in [6.07, 6.45) is 1.72. The Labute approximate surface area is 153 Å². The number of sulfonamides is 1. The molecule has 0 unspecified atom stereocenters. The van der Waals surface area contributed by atoms with Crippen LogP contribution in [-0.2, 0) is 10.0 Å². The summed E-state index contributed by atoms with van der Waals surface area (Å²) in [7, 11) is -3.63. The second kappa shape index (κ2) is 6.70. The van der Waals surface area contributed by atoms with Gasteiger partial charge in [0.25, 0.3) is 10.0 Å². The molecule has 0 amide bonds. The third-order valence-corrected chi connectivity index (χ3v) is 6.31. The molecule has 4 rings (SSSR count). The van der Waals surface area contributed by atoms with Crippen LogP contribution in [0.15, 0.2) is 70.4 Å². The summed E-state index contributed by atoms with van der Waals surface area (Å²) in [5.74, 6) is 0.641. The predicted octanol–water partition coefficient (Wildman–Crippen LogP) is 3.63. The Bertz CT molecular complexity index is 1140. The highest BCUT2D eigenvalue weighted by molar-refractivity contribution is 7.94. The zero-order chi connectivity index (χ0) is 18.0. The van der Waals surface area contributed by atoms with Gasteiger partial charge in [0.2, 0.25) is 0 Å². The SMILES string of the molecule is O=S(=O)(Nc1ccc(Nc2cccc3cccnc23)nn1)c1cccs1. The highest BCUT2D eigenvalue weighted by atomic mass is 32.2. The van der Waals surface area contributed by atoms with Crippen molar-refractivity contribution in [2.45, 2.75) is 4.21 Å². The van der Waals surface area contributed by atoms with Crippen molar-refractivity contribution < 1.29 is 8.42 Å². The van der Waals surface area contributed by atoms with Crippen LogP contribution >= 0.6 is 11.3 Å². The van der Waals surface area contributed by atoms with Crippen LogP contribution in [0, 0.1) is 0 Å². The molecule has 7 nitrogen and oxygen atoms in total. The first kappa shape index (κ1) is 16.4. The van der Waals surface area contributed by atoms with Gasteiger partial charge >= 0.3 is 0 Å². The summed E-state index contributed by atoms with van der Waals surface area (Å²) in [5, 5.41) is 13.8. The molecular formula is C17H13N5O2S2. The largest absolute Gasteiger partial charge is 0.337 e. The molecule has 0 saturated heterocycles. The van der Waals surface area contributed by atoms with Gasteiger partial charge in [-0.15, -0.1) is 21.5 Å². The van der Waals surface area contributed by atoms with E-state index in [0.29, 0.717) is 5.82 Å². The summed E-state index contributed by atoms with van der Waals surface area (Å²) in [6, 6.07) is 16.1. The zero-order valence-electron chi connectivity index (χ0n) is 13.3. The van der Waals surface area contributed by atoms with Crippen LogP contribution in [0.25, 0.3) is 10.9 Å². The molecule has 3 aromatic heterocycles. The predicted molar refractivity (Wildman–Crippen MR) is 102 cm³/mol. The van der Waals surface area contributed by atoms with Gasteiger partial charge in [-0.3, -0.25) is 9.71 Å². The van der Waals surface area contributed by atoms with Crippen LogP contribution in [0.1, 0.15) is 0 Å². The number of nitrogens with one attached hydrogen (secondary N) is 2. The molecule has 0 aliphatic rings. The summed E-state index contributed by atoms with van der Waals surface area (Å²) in [6.45, 7) is 0. The number of para-hydroxylation sites is 1. The Kier molecular flexibility index (Phi) is 4.23. The molecule has 26 heavy (non-hydrogen) atoms. The molecule has 3 heterocycles. The van der Waals surface area contributed by atoms with Crippen LogP contribution in [-0.4, -0.2) is 23.6 Å². The zero-order valence-corrected chi connectivity index (χ0v) is 15.0. The van der Waals surface area contributed by atoms with E-state index < -0.39 is 10.0 Å². The molecule has 0 aliphatic heterocycles. The van der Waals surface area contributed by atoms with Crippen molar-refractivity contribution in [2.75, 3.05) is 10.0 Å². The van der Waals surface area contributed by atoms with E-state index >= 15 is 0 Å². The summed E-state index contributed by atoms with van der Waals surface area (Å²) < 4.78 is 27.0. The summed E-state index contributed by atoms with van der Waals surface area (Å²) >= 11 is 1.14. The lowest BCUT2D eigenvalue weighted by Gasteiger charge is -2.09. The van der Waals surface area contributed by atoms with Gasteiger partial charge in [-0.05, 0) is 35.7 Å². The molecule has 0 radical (unpaired) electrons. The van der Waals surface area contributed by atoms with E-state index in [9.17, 15) is 8.42 Å². The standard InChI is InChI=1S/C17H13N5O2S2/c23-26(24,16-7-3-11-25-16)22-15-9-8-14(20-21-15)19-13-6-1-4-12-5-2-10-18-17(12)13/h1-11H,(H,19,20)(H,21,22). The molecule has 130 valence electrons. The number of anilines is 3. The summed E-state index contributed by atoms with van der Waals surface area (Å²) in [4.78, 5) is 4.37. The average Bonchev–Trinajstić information content (AvgIpc) is 3.19. The van der Waals surface area contributed by atoms with Crippen molar-refractivity contribution in [3.63, 3.8) is 0 Å². The smallest absolute Gasteiger partial charge is 0.272 e. The molecule has 0 atom stereocenters. The number of pyridine rings is 1. The van der Waals surface area contributed by atoms with Crippen LogP contribution in [0.3, 0.4) is 0 Å². The molecule has 0 fully saturated rings. The number of benzene rings is 1. The van der Waals surface area contributed by atoms with Gasteiger partial charge in [0.05, 0.1) is 11.2 Å². The van der Waals surface area contributed by atoms with Crippen LogP contribution in [0.4, 0.5) is 17.3 Å². The van der Waals surface area contributed by atoms with E-state index in [0.717, 1.165) is 27.9 Å². The first-order valence-electron chi connectivity index (χ1n) is 7.63. The molecule has 9 heteroatoms. The van der Waals surface area contributed by atoms with E-state index in [4.69, 9.17) is 0 Å². The lowest BCUT2D eigenvalue weighted by Crippen LogP contribution is -2.13. The molecule has 4 aromatic rings. The number of hydrogen-bond donors (Lipinski definition) is 2. The summed E-state index contributed by atoms with van der Waals surface area (Å²) in [5.41, 5.74) is 1.61. The van der Waals surface area contributed by atoms with Crippen molar-refractivity contribution in [2.24, 2.45) is 0 Å². The quantitative estimate of drug-likeness (QED) is 0.546. The van der Waals surface area contributed by atoms with E-state index in [1.807, 2.05) is 30.3 Å². The van der Waals surface area contributed by atoms with Gasteiger partial charge in [0.1, 0.15) is 4.21 Å². The Hall–Kier alpha value is -3.04. The second-order valence-corrected chi connectivity index (χ2v) is 8.20. The first-order chi connectivity index (χ1) is 12.6. The molecule has 0 saturated carbocycles. The van der Waals surface area contributed by atoms with Gasteiger partial charge in [0.15, 0.2) is 11.6 Å². The third-order valence-electron chi connectivity index (χ3n) is 3.56. The number of hydrogen-bond acceptors (Lipinski definition) is 7. The Morgan fingerprint density at radius 3 is 2.46 bits per heavy atom. The lowest BCUT2D eigenvalue weighted by molar-refractivity contribution is 0.603. The molecule has 0 bridgehead atoms. The fourth-order valence-corrected chi connectivity index (χ4v) is 4.39. The number of thiophene rings is 1. The Morgan fingerprint density at radius 1 is 0.885 bits per heavy atom. The van der Waals surface area contributed by atoms with Gasteiger partial charge in [-0.2, -0.15) is 0 Å². The van der Waals surface area contributed by atoms with Crippen molar-refractivity contribution in [3.8, 4) is 0 Å². The fourth-order valence-electron chi connectivity index (χ4n) is 2.40. The minimum Gasteiger partial charge on any atom is -0.337 e. The molecule has 2 N–H and O–H groups in total. The van der Waals surface area contributed by atoms with Crippen molar-refractivity contribution >= 4 is 49.6 Å². The van der Waals surface area contributed by atoms with Crippen molar-refractivity contribution in [1.29, 1.82) is 0 Å². The van der Waals surface area contributed by atoms with E-state index in [1.54, 1.807) is 29.8 Å². The molecule has 0 aliphatic carbocycles. The monoisotopic (exact) mass is 383 g/mol. The van der Waals surface area contributed by atoms with Crippen molar-refractivity contribution in [3.05, 3.63) is 66.2 Å². The highest BCUT2D eigenvalue weighted by Gasteiger charge is 2.16. The van der Waals surface area contributed by atoms with Crippen LogP contribution in [0.2, 0.25) is 0 Å².